The lowest BCUT2D eigenvalue weighted by Crippen LogP contribution is -2.07. The number of carboxylic acid groups (broad SMARTS) is 1. The number of thioether (sulfide) groups is 1. The summed E-state index contributed by atoms with van der Waals surface area (Å²) in [4.78, 5) is 25.0. The van der Waals surface area contributed by atoms with E-state index in [2.05, 4.69) is 10.3 Å². The predicted octanol–water partition coefficient (Wildman–Crippen LogP) is 3.37. The highest BCUT2D eigenvalue weighted by atomic mass is 32.2. The summed E-state index contributed by atoms with van der Waals surface area (Å²) < 4.78 is 0. The first kappa shape index (κ1) is 14.8. The summed E-state index contributed by atoms with van der Waals surface area (Å²) in [6, 6.07) is 9.75. The molecule has 0 fully saturated rings. The Kier molecular flexibility index (Phi) is 4.72. The molecule has 1 aromatic heterocycles. The zero-order valence-corrected chi connectivity index (χ0v) is 11.5. The molecule has 0 aliphatic rings. The molecule has 2 N–H and O–H groups in total. The highest BCUT2D eigenvalue weighted by Gasteiger charge is 2.14. The van der Waals surface area contributed by atoms with Crippen LogP contribution >= 0.6 is 11.8 Å². The smallest absolute Gasteiger partial charge is 0.409 e. The van der Waals surface area contributed by atoms with Crippen molar-refractivity contribution < 1.29 is 14.8 Å². The fraction of sp³-hybridized carbons (Fsp3) is 0.0769. The molecule has 0 saturated heterocycles. The van der Waals surface area contributed by atoms with Crippen LogP contribution in [0, 0.1) is 10.1 Å². The molecule has 2 aromatic rings. The molecule has 0 atom stereocenters. The molecule has 8 heteroatoms. The Hall–Kier alpha value is -2.61. The lowest BCUT2D eigenvalue weighted by molar-refractivity contribution is -0.388. The molecule has 2 rings (SSSR count). The molecule has 1 aromatic carbocycles. The maximum atomic E-state index is 10.9. The van der Waals surface area contributed by atoms with Crippen molar-refractivity contribution in [2.24, 2.45) is 0 Å². The zero-order chi connectivity index (χ0) is 15.2. The molecule has 0 aliphatic carbocycles. The number of pyridine rings is 1. The predicted molar refractivity (Wildman–Crippen MR) is 78.5 cm³/mol. The van der Waals surface area contributed by atoms with E-state index < -0.39 is 11.0 Å². The topological polar surface area (TPSA) is 105 Å². The highest BCUT2D eigenvalue weighted by molar-refractivity contribution is 7.98. The molecule has 7 nitrogen and oxygen atoms in total. The van der Waals surface area contributed by atoms with Gasteiger partial charge in [0.2, 0.25) is 0 Å². The van der Waals surface area contributed by atoms with Crippen LogP contribution < -0.4 is 5.32 Å². The fourth-order valence-electron chi connectivity index (χ4n) is 1.65. The van der Waals surface area contributed by atoms with E-state index in [1.54, 1.807) is 18.2 Å². The van der Waals surface area contributed by atoms with Crippen molar-refractivity contribution in [1.29, 1.82) is 0 Å². The van der Waals surface area contributed by atoms with Crippen molar-refractivity contribution >= 4 is 29.2 Å². The summed E-state index contributed by atoms with van der Waals surface area (Å²) >= 11 is 1.23. The van der Waals surface area contributed by atoms with Crippen LogP contribution in [0.25, 0.3) is 0 Å². The molecule has 0 spiro atoms. The van der Waals surface area contributed by atoms with E-state index in [4.69, 9.17) is 5.11 Å². The third kappa shape index (κ3) is 4.18. The number of aromatic nitrogens is 1. The van der Waals surface area contributed by atoms with Gasteiger partial charge in [-0.1, -0.05) is 23.9 Å². The lowest BCUT2D eigenvalue weighted by Gasteiger charge is -2.05. The van der Waals surface area contributed by atoms with Crippen LogP contribution in [0.1, 0.15) is 5.56 Å². The summed E-state index contributed by atoms with van der Waals surface area (Å²) in [6.07, 6.45) is 0.359. The number of carbonyl (C=O) groups is 1. The van der Waals surface area contributed by atoms with Crippen molar-refractivity contribution in [3.05, 3.63) is 58.3 Å². The maximum absolute atomic E-state index is 10.9. The molecule has 108 valence electrons. The van der Waals surface area contributed by atoms with E-state index >= 15 is 0 Å². The first-order chi connectivity index (χ1) is 10.1. The minimum Gasteiger partial charge on any atom is -0.465 e. The number of nitro groups is 1. The van der Waals surface area contributed by atoms with Gasteiger partial charge >= 0.3 is 11.8 Å². The van der Waals surface area contributed by atoms with Crippen molar-refractivity contribution in [3.8, 4) is 0 Å². The second-order valence-electron chi connectivity index (χ2n) is 4.00. The molecule has 0 unspecified atom stereocenters. The molecule has 21 heavy (non-hydrogen) atoms. The Morgan fingerprint density at radius 3 is 2.90 bits per heavy atom. The van der Waals surface area contributed by atoms with E-state index in [1.165, 1.54) is 30.1 Å². The van der Waals surface area contributed by atoms with Gasteiger partial charge in [0, 0.05) is 23.7 Å². The van der Waals surface area contributed by atoms with Gasteiger partial charge in [-0.25, -0.2) is 9.78 Å². The van der Waals surface area contributed by atoms with E-state index in [-0.39, 0.29) is 5.69 Å². The van der Waals surface area contributed by atoms with E-state index in [0.29, 0.717) is 16.5 Å². The van der Waals surface area contributed by atoms with Gasteiger partial charge in [-0.2, -0.15) is 0 Å². The van der Waals surface area contributed by atoms with Gasteiger partial charge in [0.15, 0.2) is 5.03 Å². The van der Waals surface area contributed by atoms with Gasteiger partial charge in [0.1, 0.15) is 0 Å². The summed E-state index contributed by atoms with van der Waals surface area (Å²) in [6.45, 7) is 0. The van der Waals surface area contributed by atoms with Crippen molar-refractivity contribution in [1.82, 2.24) is 4.98 Å². The zero-order valence-electron chi connectivity index (χ0n) is 10.7. The average molecular weight is 305 g/mol. The van der Waals surface area contributed by atoms with E-state index in [9.17, 15) is 14.9 Å². The molecule has 0 radical (unpaired) electrons. The van der Waals surface area contributed by atoms with E-state index in [0.717, 1.165) is 5.56 Å². The minimum atomic E-state index is -1.14. The number of rotatable bonds is 5. The first-order valence-electron chi connectivity index (χ1n) is 5.87. The van der Waals surface area contributed by atoms with Crippen LogP contribution in [0.15, 0.2) is 47.6 Å². The third-order valence-corrected chi connectivity index (χ3v) is 3.57. The monoisotopic (exact) mass is 305 g/mol. The summed E-state index contributed by atoms with van der Waals surface area (Å²) in [5.41, 5.74) is 1.25. The minimum absolute atomic E-state index is 0.0395. The number of hydrogen-bond donors (Lipinski definition) is 2. The lowest BCUT2D eigenvalue weighted by atomic mass is 10.2. The highest BCUT2D eigenvalue weighted by Crippen LogP contribution is 2.29. The number of nitrogens with one attached hydrogen (secondary N) is 1. The van der Waals surface area contributed by atoms with Gasteiger partial charge in [0.25, 0.3) is 0 Å². The summed E-state index contributed by atoms with van der Waals surface area (Å²) in [5.74, 6) is 0.451. The van der Waals surface area contributed by atoms with Gasteiger partial charge in [-0.15, -0.1) is 0 Å². The number of amides is 1. The molecule has 0 aliphatic heterocycles. The molecule has 1 amide bonds. The largest absolute Gasteiger partial charge is 0.465 e. The first-order valence-corrected chi connectivity index (χ1v) is 6.86. The van der Waals surface area contributed by atoms with Crippen molar-refractivity contribution in [2.45, 2.75) is 10.8 Å². The average Bonchev–Trinajstić information content (AvgIpc) is 2.45. The van der Waals surface area contributed by atoms with Gasteiger partial charge in [-0.05, 0) is 23.8 Å². The maximum Gasteiger partial charge on any atom is 0.409 e. The van der Waals surface area contributed by atoms with Crippen LogP contribution in [-0.2, 0) is 5.75 Å². The standard InChI is InChI=1S/C13H11N3O4S/c17-13(18)15-10-4-1-3-9(7-10)8-21-12-11(16(19)20)5-2-6-14-12/h1-7,15H,8H2,(H,17,18). The van der Waals surface area contributed by atoms with Crippen LogP contribution in [0.2, 0.25) is 0 Å². The van der Waals surface area contributed by atoms with Crippen molar-refractivity contribution in [2.75, 3.05) is 5.32 Å². The second-order valence-corrected chi connectivity index (χ2v) is 4.97. The molecule has 1 heterocycles. The quantitative estimate of drug-likeness (QED) is 0.498. The molecule has 0 saturated carbocycles. The van der Waals surface area contributed by atoms with Crippen LogP contribution in [-0.4, -0.2) is 21.1 Å². The van der Waals surface area contributed by atoms with Gasteiger partial charge in [0.05, 0.1) is 4.92 Å². The molecule has 0 bridgehead atoms. The Bertz CT molecular complexity index is 678. The summed E-state index contributed by atoms with van der Waals surface area (Å²) in [5, 5.41) is 22.1. The number of benzene rings is 1. The Labute approximate surface area is 124 Å². The number of nitrogens with zero attached hydrogens (tertiary/aromatic N) is 2. The Morgan fingerprint density at radius 2 is 2.19 bits per heavy atom. The van der Waals surface area contributed by atoms with Gasteiger partial charge in [-0.3, -0.25) is 15.4 Å². The Balaban J connectivity index is 2.10. The SMILES string of the molecule is O=C(O)Nc1cccc(CSc2ncccc2[N+](=O)[O-])c1. The molecular weight excluding hydrogens is 294 g/mol. The Morgan fingerprint density at radius 1 is 1.38 bits per heavy atom. The normalized spacial score (nSPS) is 10.1. The second kappa shape index (κ2) is 6.71. The number of anilines is 1. The number of hydrogen-bond acceptors (Lipinski definition) is 5. The van der Waals surface area contributed by atoms with E-state index in [1.807, 2.05) is 6.07 Å². The van der Waals surface area contributed by atoms with Crippen LogP contribution in [0.4, 0.5) is 16.2 Å². The van der Waals surface area contributed by atoms with Gasteiger partial charge < -0.3 is 5.11 Å². The summed E-state index contributed by atoms with van der Waals surface area (Å²) in [7, 11) is 0. The van der Waals surface area contributed by atoms with Crippen LogP contribution in [0.3, 0.4) is 0 Å². The van der Waals surface area contributed by atoms with Crippen LogP contribution in [0.5, 0.6) is 0 Å². The third-order valence-electron chi connectivity index (χ3n) is 2.50. The fourth-order valence-corrected chi connectivity index (χ4v) is 2.56. The molecular formula is C13H11N3O4S. The van der Waals surface area contributed by atoms with Crippen molar-refractivity contribution in [3.63, 3.8) is 0 Å².